The molecule has 0 atom stereocenters. The highest BCUT2D eigenvalue weighted by molar-refractivity contribution is 7.80. The van der Waals surface area contributed by atoms with E-state index in [-0.39, 0.29) is 0 Å². The molecular weight excluding hydrogens is 164 g/mol. The molecule has 0 aromatic carbocycles. The van der Waals surface area contributed by atoms with E-state index in [1.165, 1.54) is 44.9 Å². The predicted octanol–water partition coefficient (Wildman–Crippen LogP) is 4.30. The van der Waals surface area contributed by atoms with Gasteiger partial charge in [0.05, 0.1) is 0 Å². The van der Waals surface area contributed by atoms with E-state index in [9.17, 15) is 0 Å². The maximum absolute atomic E-state index is 4.23. The van der Waals surface area contributed by atoms with E-state index in [2.05, 4.69) is 26.5 Å². The molecule has 0 unspecified atom stereocenters. The normalized spacial score (nSPS) is 11.0. The zero-order valence-corrected chi connectivity index (χ0v) is 9.58. The van der Waals surface area contributed by atoms with Crippen LogP contribution in [-0.2, 0) is 0 Å². The van der Waals surface area contributed by atoms with Gasteiger partial charge in [-0.05, 0) is 18.1 Å². The van der Waals surface area contributed by atoms with Gasteiger partial charge in [0, 0.05) is 0 Å². The summed E-state index contributed by atoms with van der Waals surface area (Å²) in [7, 11) is 0. The Hall–Kier alpha value is 0.350. The minimum Gasteiger partial charge on any atom is -0.179 e. The molecule has 0 saturated carbocycles. The number of thiol groups is 1. The highest BCUT2D eigenvalue weighted by Crippen LogP contribution is 2.20. The van der Waals surface area contributed by atoms with E-state index in [4.69, 9.17) is 0 Å². The summed E-state index contributed by atoms with van der Waals surface area (Å²) in [6.07, 6.45) is 9.68. The second-order valence-electron chi connectivity index (χ2n) is 3.66. The molecule has 74 valence electrons. The van der Waals surface area contributed by atoms with Gasteiger partial charge in [-0.2, -0.15) is 12.6 Å². The maximum Gasteiger partial charge on any atom is -0.00979 e. The van der Waals surface area contributed by atoms with E-state index >= 15 is 0 Å². The Bertz CT molecular complexity index is 75.1. The highest BCUT2D eigenvalue weighted by Gasteiger charge is 2.05. The first-order valence-electron chi connectivity index (χ1n) is 5.46. The molecule has 0 N–H and O–H groups in total. The number of unbranched alkanes of at least 4 members (excludes halogenated alkanes) is 1. The smallest absolute Gasteiger partial charge is 0.00979 e. The molecule has 0 heterocycles. The van der Waals surface area contributed by atoms with Crippen LogP contribution in [0.2, 0.25) is 0 Å². The summed E-state index contributed by atoms with van der Waals surface area (Å²) in [6.45, 7) is 4.59. The van der Waals surface area contributed by atoms with Crippen LogP contribution >= 0.6 is 12.6 Å². The Morgan fingerprint density at radius 1 is 0.917 bits per heavy atom. The fraction of sp³-hybridized carbons (Fsp3) is 1.00. The lowest BCUT2D eigenvalue weighted by atomic mass is 9.93. The van der Waals surface area contributed by atoms with Crippen molar-refractivity contribution in [1.29, 1.82) is 0 Å². The fourth-order valence-corrected chi connectivity index (χ4v) is 2.02. The Morgan fingerprint density at radius 3 is 1.92 bits per heavy atom. The highest BCUT2D eigenvalue weighted by atomic mass is 32.1. The summed E-state index contributed by atoms with van der Waals surface area (Å²) in [4.78, 5) is 0. The number of rotatable bonds is 8. The predicted molar refractivity (Wildman–Crippen MR) is 61.0 cm³/mol. The molecule has 0 aliphatic rings. The molecule has 0 aliphatic carbocycles. The molecule has 0 amide bonds. The quantitative estimate of drug-likeness (QED) is 0.426. The second kappa shape index (κ2) is 9.44. The van der Waals surface area contributed by atoms with Gasteiger partial charge in [-0.25, -0.2) is 0 Å². The molecule has 0 rings (SSSR count). The third kappa shape index (κ3) is 7.02. The van der Waals surface area contributed by atoms with Crippen LogP contribution in [0, 0.1) is 5.92 Å². The zero-order chi connectivity index (χ0) is 9.23. The van der Waals surface area contributed by atoms with Gasteiger partial charge >= 0.3 is 0 Å². The van der Waals surface area contributed by atoms with Crippen LogP contribution in [-0.4, -0.2) is 5.75 Å². The van der Waals surface area contributed by atoms with Gasteiger partial charge in [-0.1, -0.05) is 52.4 Å². The van der Waals surface area contributed by atoms with Gasteiger partial charge in [0.2, 0.25) is 0 Å². The first kappa shape index (κ1) is 12.3. The third-order valence-electron chi connectivity index (χ3n) is 2.41. The molecule has 0 fully saturated rings. The van der Waals surface area contributed by atoms with Crippen LogP contribution in [0.1, 0.15) is 58.8 Å². The Balaban J connectivity index is 3.34. The first-order chi connectivity index (χ1) is 5.85. The molecule has 0 bridgehead atoms. The maximum atomic E-state index is 4.23. The molecule has 0 aliphatic heterocycles. The van der Waals surface area contributed by atoms with E-state index in [0.29, 0.717) is 0 Å². The van der Waals surface area contributed by atoms with Gasteiger partial charge in [0.25, 0.3) is 0 Å². The summed E-state index contributed by atoms with van der Waals surface area (Å²) >= 11 is 4.23. The average Bonchev–Trinajstić information content (AvgIpc) is 2.06. The van der Waals surface area contributed by atoms with E-state index in [0.717, 1.165) is 11.7 Å². The molecule has 0 saturated heterocycles. The van der Waals surface area contributed by atoms with Crippen molar-refractivity contribution < 1.29 is 0 Å². The third-order valence-corrected chi connectivity index (χ3v) is 2.73. The molecular formula is C11H24S. The molecule has 0 aromatic heterocycles. The van der Waals surface area contributed by atoms with Crippen molar-refractivity contribution in [1.82, 2.24) is 0 Å². The van der Waals surface area contributed by atoms with Crippen molar-refractivity contribution in [3.8, 4) is 0 Å². The van der Waals surface area contributed by atoms with Crippen LogP contribution in [0.4, 0.5) is 0 Å². The van der Waals surface area contributed by atoms with Crippen molar-refractivity contribution in [2.45, 2.75) is 58.8 Å². The standard InChI is InChI=1S/C11H24S/c1-3-7-11(8-4-2)9-5-6-10-12/h11-12H,3-10H2,1-2H3. The SMILES string of the molecule is CCCC(CCC)CCCCS. The van der Waals surface area contributed by atoms with Crippen LogP contribution in [0.5, 0.6) is 0 Å². The van der Waals surface area contributed by atoms with Crippen LogP contribution in [0.3, 0.4) is 0 Å². The minimum atomic E-state index is 1.000. The molecule has 1 heteroatoms. The van der Waals surface area contributed by atoms with Crippen molar-refractivity contribution in [2.75, 3.05) is 5.75 Å². The zero-order valence-electron chi connectivity index (χ0n) is 8.68. The second-order valence-corrected chi connectivity index (χ2v) is 4.11. The lowest BCUT2D eigenvalue weighted by molar-refractivity contribution is 0.399. The van der Waals surface area contributed by atoms with Crippen LogP contribution in [0.25, 0.3) is 0 Å². The van der Waals surface area contributed by atoms with Crippen molar-refractivity contribution in [3.63, 3.8) is 0 Å². The van der Waals surface area contributed by atoms with Gasteiger partial charge in [0.1, 0.15) is 0 Å². The van der Waals surface area contributed by atoms with Crippen molar-refractivity contribution in [2.24, 2.45) is 5.92 Å². The molecule has 0 aromatic rings. The molecule has 0 nitrogen and oxygen atoms in total. The number of hydrogen-bond donors (Lipinski definition) is 1. The minimum absolute atomic E-state index is 1.000. The van der Waals surface area contributed by atoms with E-state index in [1.54, 1.807) is 0 Å². The summed E-state index contributed by atoms with van der Waals surface area (Å²) in [6, 6.07) is 0. The monoisotopic (exact) mass is 188 g/mol. The first-order valence-corrected chi connectivity index (χ1v) is 6.09. The van der Waals surface area contributed by atoms with Crippen molar-refractivity contribution >= 4 is 12.6 Å². The summed E-state index contributed by atoms with van der Waals surface area (Å²) < 4.78 is 0. The Morgan fingerprint density at radius 2 is 1.50 bits per heavy atom. The summed E-state index contributed by atoms with van der Waals surface area (Å²) in [5.74, 6) is 2.06. The summed E-state index contributed by atoms with van der Waals surface area (Å²) in [5, 5.41) is 0. The molecule has 0 spiro atoms. The van der Waals surface area contributed by atoms with Crippen LogP contribution < -0.4 is 0 Å². The van der Waals surface area contributed by atoms with E-state index < -0.39 is 0 Å². The van der Waals surface area contributed by atoms with Crippen LogP contribution in [0.15, 0.2) is 0 Å². The largest absolute Gasteiger partial charge is 0.179 e. The fourth-order valence-electron chi connectivity index (χ4n) is 1.79. The molecule has 0 radical (unpaired) electrons. The molecule has 12 heavy (non-hydrogen) atoms. The van der Waals surface area contributed by atoms with Gasteiger partial charge in [-0.15, -0.1) is 0 Å². The van der Waals surface area contributed by atoms with Crippen molar-refractivity contribution in [3.05, 3.63) is 0 Å². The van der Waals surface area contributed by atoms with Gasteiger partial charge < -0.3 is 0 Å². The topological polar surface area (TPSA) is 0 Å². The van der Waals surface area contributed by atoms with Gasteiger partial charge in [0.15, 0.2) is 0 Å². The average molecular weight is 188 g/mol. The summed E-state index contributed by atoms with van der Waals surface area (Å²) in [5.41, 5.74) is 0. The Labute approximate surface area is 83.5 Å². The lowest BCUT2D eigenvalue weighted by Crippen LogP contribution is -1.99. The van der Waals surface area contributed by atoms with E-state index in [1.807, 2.05) is 0 Å². The van der Waals surface area contributed by atoms with Gasteiger partial charge in [-0.3, -0.25) is 0 Å². The lowest BCUT2D eigenvalue weighted by Gasteiger charge is -2.14. The number of hydrogen-bond acceptors (Lipinski definition) is 1. The Kier molecular flexibility index (Phi) is 9.71.